The fourth-order valence-corrected chi connectivity index (χ4v) is 6.41. The molecular weight excluding hydrogens is 525 g/mol. The molecular formula is C28H43ClFN5O4. The number of aliphatic hydroxyl groups is 2. The highest BCUT2D eigenvalue weighted by Crippen LogP contribution is 2.25. The lowest BCUT2D eigenvalue weighted by Crippen LogP contribution is -2.62. The van der Waals surface area contributed by atoms with E-state index in [0.717, 1.165) is 45.6 Å². The molecule has 218 valence electrons. The van der Waals surface area contributed by atoms with E-state index in [9.17, 15) is 19.4 Å². The number of hydrogen-bond donors (Lipinski definition) is 4. The van der Waals surface area contributed by atoms with Gasteiger partial charge in [-0.15, -0.1) is 11.6 Å². The van der Waals surface area contributed by atoms with Crippen molar-refractivity contribution in [3.05, 3.63) is 29.6 Å². The number of carbonyl (C=O) groups excluding carboxylic acids is 1. The number of nitrogens with one attached hydrogen (secondary N) is 2. The maximum Gasteiger partial charge on any atom is 0.227 e. The SMILES string of the molecule is O=C(Cc1ccc(OCCCC2CCN(C3NCC(Cl)CN3)CC2)cc1F)N1CC(CN2C[C@@H](O)[C@@H](O)C2)C1. The Balaban J connectivity index is 0.954. The summed E-state index contributed by atoms with van der Waals surface area (Å²) in [7, 11) is 0. The average Bonchev–Trinajstić information content (AvgIpc) is 3.22. The minimum absolute atomic E-state index is 0.0387. The molecule has 0 bridgehead atoms. The quantitative estimate of drug-likeness (QED) is 0.244. The van der Waals surface area contributed by atoms with Gasteiger partial charge in [0.15, 0.2) is 0 Å². The van der Waals surface area contributed by atoms with Crippen molar-refractivity contribution < 1.29 is 24.1 Å². The number of β-amino-alcohol motifs (C(OH)–C–C–N with tert-alkyl or cyclic N) is 2. The molecule has 1 amide bonds. The predicted molar refractivity (Wildman–Crippen MR) is 147 cm³/mol. The predicted octanol–water partition coefficient (Wildman–Crippen LogP) is 0.819. The molecule has 0 aromatic heterocycles. The number of piperidine rings is 1. The second-order valence-electron chi connectivity index (χ2n) is 11.7. The highest BCUT2D eigenvalue weighted by molar-refractivity contribution is 6.21. The van der Waals surface area contributed by atoms with E-state index in [1.165, 1.54) is 18.9 Å². The first kappa shape index (κ1) is 29.0. The standard InChI is InChI=1S/C28H43ClFN5O4/c29-22-12-31-28(32-13-22)34-7-5-19(6-8-34)2-1-9-39-23-4-3-21(24(30)11-23)10-27(38)35-15-20(16-35)14-33-17-25(36)26(37)18-33/h3-4,11,19-20,22,25-26,28,31-32,36-37H,1-2,5-10,12-18H2/t22?,25-,26+,28?. The number of aliphatic hydroxyl groups excluding tert-OH is 2. The van der Waals surface area contributed by atoms with Crippen molar-refractivity contribution in [2.75, 3.05) is 65.5 Å². The fourth-order valence-electron chi connectivity index (χ4n) is 6.23. The summed E-state index contributed by atoms with van der Waals surface area (Å²) in [5.74, 6) is 1.03. The van der Waals surface area contributed by atoms with Crippen molar-refractivity contribution in [1.29, 1.82) is 0 Å². The number of nitrogens with zero attached hydrogens (tertiary/aromatic N) is 3. The molecule has 4 saturated heterocycles. The van der Waals surface area contributed by atoms with Gasteiger partial charge in [0.2, 0.25) is 5.91 Å². The molecule has 4 aliphatic rings. The maximum atomic E-state index is 14.7. The molecule has 0 saturated carbocycles. The number of hydrogen-bond acceptors (Lipinski definition) is 8. The van der Waals surface area contributed by atoms with Crippen LogP contribution >= 0.6 is 11.6 Å². The summed E-state index contributed by atoms with van der Waals surface area (Å²) >= 11 is 6.14. The number of rotatable bonds is 10. The molecule has 0 spiro atoms. The second-order valence-corrected chi connectivity index (χ2v) is 12.4. The zero-order chi connectivity index (χ0) is 27.4. The molecule has 4 aliphatic heterocycles. The molecule has 11 heteroatoms. The minimum Gasteiger partial charge on any atom is -0.493 e. The van der Waals surface area contributed by atoms with Gasteiger partial charge in [-0.1, -0.05) is 6.07 Å². The van der Waals surface area contributed by atoms with E-state index < -0.39 is 18.0 Å². The summed E-state index contributed by atoms with van der Waals surface area (Å²) in [6.45, 7) is 7.33. The number of amides is 1. The third kappa shape index (κ3) is 7.81. The van der Waals surface area contributed by atoms with Gasteiger partial charge in [-0.2, -0.15) is 0 Å². The van der Waals surface area contributed by atoms with Crippen LogP contribution in [0.25, 0.3) is 0 Å². The summed E-state index contributed by atoms with van der Waals surface area (Å²) in [4.78, 5) is 18.9. The zero-order valence-electron chi connectivity index (χ0n) is 22.6. The van der Waals surface area contributed by atoms with Gasteiger partial charge in [-0.05, 0) is 43.2 Å². The van der Waals surface area contributed by atoms with E-state index in [0.29, 0.717) is 55.9 Å². The molecule has 0 radical (unpaired) electrons. The van der Waals surface area contributed by atoms with Crippen molar-refractivity contribution in [3.63, 3.8) is 0 Å². The van der Waals surface area contributed by atoms with Crippen LogP contribution in [-0.4, -0.2) is 120 Å². The largest absolute Gasteiger partial charge is 0.493 e. The molecule has 1 aromatic rings. The van der Waals surface area contributed by atoms with Gasteiger partial charge in [-0.25, -0.2) is 4.39 Å². The van der Waals surface area contributed by atoms with E-state index in [4.69, 9.17) is 16.3 Å². The lowest BCUT2D eigenvalue weighted by molar-refractivity contribution is -0.137. The summed E-state index contributed by atoms with van der Waals surface area (Å²) in [6, 6.07) is 4.80. The number of likely N-dealkylation sites (tertiary alicyclic amines) is 3. The van der Waals surface area contributed by atoms with Crippen molar-refractivity contribution >= 4 is 17.5 Å². The first-order valence-electron chi connectivity index (χ1n) is 14.5. The van der Waals surface area contributed by atoms with Gasteiger partial charge in [0.25, 0.3) is 0 Å². The molecule has 2 atom stereocenters. The lowest BCUT2D eigenvalue weighted by Gasteiger charge is -2.41. The molecule has 4 fully saturated rings. The lowest BCUT2D eigenvalue weighted by atomic mass is 9.92. The molecule has 1 aromatic carbocycles. The van der Waals surface area contributed by atoms with Crippen LogP contribution in [0.1, 0.15) is 31.2 Å². The van der Waals surface area contributed by atoms with Crippen molar-refractivity contribution in [2.45, 2.75) is 56.0 Å². The second kappa shape index (κ2) is 13.4. The third-order valence-corrected chi connectivity index (χ3v) is 8.94. The first-order valence-corrected chi connectivity index (χ1v) is 14.9. The van der Waals surface area contributed by atoms with Crippen molar-refractivity contribution in [1.82, 2.24) is 25.3 Å². The van der Waals surface area contributed by atoms with Crippen LogP contribution in [0.15, 0.2) is 18.2 Å². The summed E-state index contributed by atoms with van der Waals surface area (Å²) in [6.07, 6.45) is 3.27. The van der Waals surface area contributed by atoms with E-state index in [1.807, 2.05) is 4.90 Å². The molecule has 4 heterocycles. The first-order chi connectivity index (χ1) is 18.8. The topological polar surface area (TPSA) is 101 Å². The number of carbonyl (C=O) groups is 1. The van der Waals surface area contributed by atoms with Crippen LogP contribution in [0.4, 0.5) is 4.39 Å². The van der Waals surface area contributed by atoms with Gasteiger partial charge in [0.05, 0.1) is 30.6 Å². The third-order valence-electron chi connectivity index (χ3n) is 8.63. The van der Waals surface area contributed by atoms with E-state index >= 15 is 0 Å². The van der Waals surface area contributed by atoms with Gasteiger partial charge in [-0.3, -0.25) is 25.2 Å². The fraction of sp³-hybridized carbons (Fsp3) is 0.750. The summed E-state index contributed by atoms with van der Waals surface area (Å²) in [5.41, 5.74) is 0.386. The van der Waals surface area contributed by atoms with Crippen molar-refractivity contribution in [2.24, 2.45) is 11.8 Å². The van der Waals surface area contributed by atoms with Crippen LogP contribution in [0.3, 0.4) is 0 Å². The highest BCUT2D eigenvalue weighted by Gasteiger charge is 2.36. The number of alkyl halides is 1. The van der Waals surface area contributed by atoms with Crippen molar-refractivity contribution in [3.8, 4) is 5.75 Å². The molecule has 0 unspecified atom stereocenters. The van der Waals surface area contributed by atoms with Crippen LogP contribution in [0, 0.1) is 17.7 Å². The Morgan fingerprint density at radius 3 is 2.41 bits per heavy atom. The van der Waals surface area contributed by atoms with E-state index in [2.05, 4.69) is 15.5 Å². The van der Waals surface area contributed by atoms with Gasteiger partial charge in [0.1, 0.15) is 17.9 Å². The number of benzene rings is 1. The van der Waals surface area contributed by atoms with Crippen LogP contribution < -0.4 is 15.4 Å². The Hall–Kier alpha value is -1.53. The smallest absolute Gasteiger partial charge is 0.227 e. The number of ether oxygens (including phenoxy) is 1. The monoisotopic (exact) mass is 567 g/mol. The summed E-state index contributed by atoms with van der Waals surface area (Å²) < 4.78 is 20.5. The van der Waals surface area contributed by atoms with Gasteiger partial charge in [0, 0.05) is 70.9 Å². The molecule has 9 nitrogen and oxygen atoms in total. The van der Waals surface area contributed by atoms with E-state index in [-0.39, 0.29) is 24.0 Å². The number of halogens is 2. The Morgan fingerprint density at radius 1 is 1.05 bits per heavy atom. The molecule has 5 rings (SSSR count). The maximum absolute atomic E-state index is 14.7. The van der Waals surface area contributed by atoms with Crippen LogP contribution in [0.2, 0.25) is 0 Å². The highest BCUT2D eigenvalue weighted by atomic mass is 35.5. The van der Waals surface area contributed by atoms with E-state index in [1.54, 1.807) is 17.0 Å². The average molecular weight is 568 g/mol. The van der Waals surface area contributed by atoms with Gasteiger partial charge < -0.3 is 19.8 Å². The van der Waals surface area contributed by atoms with Crippen LogP contribution in [0.5, 0.6) is 5.75 Å². The Kier molecular flexibility index (Phi) is 9.97. The molecule has 0 aliphatic carbocycles. The zero-order valence-corrected chi connectivity index (χ0v) is 23.4. The molecule has 39 heavy (non-hydrogen) atoms. The normalized spacial score (nSPS) is 29.5. The molecule has 4 N–H and O–H groups in total. The Labute approximate surface area is 235 Å². The summed E-state index contributed by atoms with van der Waals surface area (Å²) in [5, 5.41) is 26.4. The van der Waals surface area contributed by atoms with Crippen LogP contribution in [-0.2, 0) is 11.2 Å². The van der Waals surface area contributed by atoms with Gasteiger partial charge >= 0.3 is 0 Å². The minimum atomic E-state index is -0.691. The Bertz CT molecular complexity index is 944. The Morgan fingerprint density at radius 2 is 1.74 bits per heavy atom.